The number of hydrogen-bond donors (Lipinski definition) is 0. The van der Waals surface area contributed by atoms with Gasteiger partial charge in [-0.1, -0.05) is 39.3 Å². The van der Waals surface area contributed by atoms with Gasteiger partial charge in [0, 0.05) is 6.42 Å². The zero-order chi connectivity index (χ0) is 19.2. The third-order valence-corrected chi connectivity index (χ3v) is 10.1. The van der Waals surface area contributed by atoms with Gasteiger partial charge in [0.15, 0.2) is 0 Å². The van der Waals surface area contributed by atoms with Gasteiger partial charge in [0.2, 0.25) is 0 Å². The summed E-state index contributed by atoms with van der Waals surface area (Å²) >= 11 is 0. The van der Waals surface area contributed by atoms with Crippen LogP contribution in [0.15, 0.2) is 11.6 Å². The van der Waals surface area contributed by atoms with Crippen molar-refractivity contribution in [2.75, 3.05) is 0 Å². The minimum absolute atomic E-state index is 0.521. The Morgan fingerprint density at radius 1 is 1.15 bits per heavy atom. The molecule has 1 heteroatoms. The first-order chi connectivity index (χ1) is 12.9. The van der Waals surface area contributed by atoms with Crippen molar-refractivity contribution in [3.05, 3.63) is 11.6 Å². The SMILES string of the molecule is C[C@H]1CC[C@@]2(C)C(=CC[C@H]3[C@@H]4CC[C@H]([C@H](C)CCCC#N)[C@@]4(C)CC[C@@H]32)C1. The van der Waals surface area contributed by atoms with E-state index in [9.17, 15) is 0 Å². The molecule has 0 amide bonds. The van der Waals surface area contributed by atoms with Crippen LogP contribution < -0.4 is 0 Å². The lowest BCUT2D eigenvalue weighted by atomic mass is 9.46. The number of allylic oxidation sites excluding steroid dienone is 2. The fourth-order valence-corrected chi connectivity index (χ4v) is 8.52. The van der Waals surface area contributed by atoms with Crippen molar-refractivity contribution in [3.8, 4) is 6.07 Å². The van der Waals surface area contributed by atoms with E-state index in [1.807, 2.05) is 5.57 Å². The second-order valence-electron chi connectivity index (χ2n) is 11.4. The van der Waals surface area contributed by atoms with Gasteiger partial charge in [-0.05, 0) is 111 Å². The van der Waals surface area contributed by atoms with Gasteiger partial charge in [-0.2, -0.15) is 5.26 Å². The molecular formula is C26H41N. The molecule has 0 radical (unpaired) electrons. The number of rotatable bonds is 4. The third kappa shape index (κ3) is 3.10. The van der Waals surface area contributed by atoms with Crippen LogP contribution in [0.1, 0.15) is 98.3 Å². The van der Waals surface area contributed by atoms with Crippen molar-refractivity contribution in [2.45, 2.75) is 98.3 Å². The number of nitriles is 1. The smallest absolute Gasteiger partial charge is 0.0621 e. The first kappa shape index (κ1) is 19.5. The maximum atomic E-state index is 8.89. The molecule has 0 aromatic carbocycles. The normalized spacial score (nSPS) is 47.2. The molecule has 27 heavy (non-hydrogen) atoms. The fourth-order valence-electron chi connectivity index (χ4n) is 8.52. The zero-order valence-corrected chi connectivity index (χ0v) is 18.3. The second kappa shape index (κ2) is 7.24. The Hall–Kier alpha value is -0.770. The molecule has 0 spiro atoms. The van der Waals surface area contributed by atoms with Crippen LogP contribution in [0, 0.1) is 57.7 Å². The van der Waals surface area contributed by atoms with E-state index in [4.69, 9.17) is 5.26 Å². The van der Waals surface area contributed by atoms with Crippen LogP contribution >= 0.6 is 0 Å². The Morgan fingerprint density at radius 3 is 2.74 bits per heavy atom. The van der Waals surface area contributed by atoms with Gasteiger partial charge in [-0.3, -0.25) is 0 Å². The summed E-state index contributed by atoms with van der Waals surface area (Å²) in [5, 5.41) is 8.89. The van der Waals surface area contributed by atoms with Crippen LogP contribution in [0.25, 0.3) is 0 Å². The summed E-state index contributed by atoms with van der Waals surface area (Å²) in [6, 6.07) is 2.34. The molecule has 4 rings (SSSR count). The van der Waals surface area contributed by atoms with E-state index in [-0.39, 0.29) is 0 Å². The van der Waals surface area contributed by atoms with E-state index in [0.717, 1.165) is 48.3 Å². The van der Waals surface area contributed by atoms with Crippen molar-refractivity contribution in [3.63, 3.8) is 0 Å². The quantitative estimate of drug-likeness (QED) is 0.372. The largest absolute Gasteiger partial charge is 0.198 e. The standard InChI is InChI=1S/C26H41N/c1-18-12-14-25(3)20(17-18)8-9-21-23-11-10-22(19(2)7-5-6-16-27)26(23,4)15-13-24(21)25/h8,18-19,21-24H,5-7,9-15,17H2,1-4H3/t18-,19+,21-,22+,23-,24-,25-,26+/m0/s1. The Bertz CT molecular complexity index is 627. The van der Waals surface area contributed by atoms with E-state index >= 15 is 0 Å². The molecule has 0 aliphatic heterocycles. The molecule has 0 aromatic heterocycles. The lowest BCUT2D eigenvalue weighted by Gasteiger charge is -2.58. The molecule has 0 heterocycles. The van der Waals surface area contributed by atoms with Crippen LogP contribution in [0.3, 0.4) is 0 Å². The molecule has 4 aliphatic rings. The minimum atomic E-state index is 0.521. The van der Waals surface area contributed by atoms with E-state index in [1.54, 1.807) is 0 Å². The molecule has 3 fully saturated rings. The fraction of sp³-hybridized carbons (Fsp3) is 0.885. The average Bonchev–Trinajstić information content (AvgIpc) is 3.00. The molecule has 4 aliphatic carbocycles. The molecule has 0 bridgehead atoms. The first-order valence-electron chi connectivity index (χ1n) is 12.0. The van der Waals surface area contributed by atoms with Gasteiger partial charge in [0.1, 0.15) is 0 Å². The lowest BCUT2D eigenvalue weighted by Crippen LogP contribution is -2.50. The molecular weight excluding hydrogens is 326 g/mol. The van der Waals surface area contributed by atoms with Crippen LogP contribution in [0.2, 0.25) is 0 Å². The second-order valence-corrected chi connectivity index (χ2v) is 11.4. The van der Waals surface area contributed by atoms with Gasteiger partial charge < -0.3 is 0 Å². The van der Waals surface area contributed by atoms with Crippen molar-refractivity contribution in [1.82, 2.24) is 0 Å². The summed E-state index contributed by atoms with van der Waals surface area (Å²) in [4.78, 5) is 0. The van der Waals surface area contributed by atoms with Crippen LogP contribution in [0.4, 0.5) is 0 Å². The number of unbranched alkanes of at least 4 members (excludes halogenated alkanes) is 1. The van der Waals surface area contributed by atoms with Crippen LogP contribution in [-0.2, 0) is 0 Å². The summed E-state index contributed by atoms with van der Waals surface area (Å²) < 4.78 is 0. The molecule has 8 atom stereocenters. The lowest BCUT2D eigenvalue weighted by molar-refractivity contribution is -0.0522. The maximum Gasteiger partial charge on any atom is 0.0621 e. The Balaban J connectivity index is 1.53. The Morgan fingerprint density at radius 2 is 1.96 bits per heavy atom. The topological polar surface area (TPSA) is 23.8 Å². The molecule has 0 N–H and O–H groups in total. The van der Waals surface area contributed by atoms with Crippen molar-refractivity contribution >= 4 is 0 Å². The van der Waals surface area contributed by atoms with Gasteiger partial charge in [-0.25, -0.2) is 0 Å². The highest BCUT2D eigenvalue weighted by Crippen LogP contribution is 2.67. The molecule has 0 saturated heterocycles. The van der Waals surface area contributed by atoms with Crippen molar-refractivity contribution in [1.29, 1.82) is 5.26 Å². The first-order valence-corrected chi connectivity index (χ1v) is 12.0. The summed E-state index contributed by atoms with van der Waals surface area (Å²) in [5.41, 5.74) is 2.93. The summed E-state index contributed by atoms with van der Waals surface area (Å²) in [6.45, 7) is 10.3. The van der Waals surface area contributed by atoms with E-state index in [2.05, 4.69) is 39.8 Å². The Labute approximate surface area is 168 Å². The van der Waals surface area contributed by atoms with Crippen LogP contribution in [-0.4, -0.2) is 0 Å². The highest BCUT2D eigenvalue weighted by molar-refractivity contribution is 5.25. The molecule has 1 nitrogen and oxygen atoms in total. The van der Waals surface area contributed by atoms with Crippen LogP contribution in [0.5, 0.6) is 0 Å². The number of nitrogens with zero attached hydrogens (tertiary/aromatic N) is 1. The number of fused-ring (bicyclic) bond motifs is 5. The van der Waals surface area contributed by atoms with Gasteiger partial charge >= 0.3 is 0 Å². The highest BCUT2D eigenvalue weighted by Gasteiger charge is 2.58. The Kier molecular flexibility index (Phi) is 5.24. The zero-order valence-electron chi connectivity index (χ0n) is 18.3. The van der Waals surface area contributed by atoms with Gasteiger partial charge in [0.05, 0.1) is 6.07 Å². The molecule has 150 valence electrons. The summed E-state index contributed by atoms with van der Waals surface area (Å²) in [6.07, 6.45) is 17.3. The minimum Gasteiger partial charge on any atom is -0.198 e. The highest BCUT2D eigenvalue weighted by atomic mass is 14.6. The molecule has 0 unspecified atom stereocenters. The van der Waals surface area contributed by atoms with E-state index in [1.165, 1.54) is 57.8 Å². The average molecular weight is 368 g/mol. The van der Waals surface area contributed by atoms with Gasteiger partial charge in [-0.15, -0.1) is 0 Å². The predicted molar refractivity (Wildman–Crippen MR) is 113 cm³/mol. The third-order valence-electron chi connectivity index (χ3n) is 10.1. The molecule has 3 saturated carbocycles. The van der Waals surface area contributed by atoms with Crippen molar-refractivity contribution in [2.24, 2.45) is 46.3 Å². The van der Waals surface area contributed by atoms with E-state index < -0.39 is 0 Å². The maximum absolute atomic E-state index is 8.89. The monoisotopic (exact) mass is 367 g/mol. The van der Waals surface area contributed by atoms with E-state index in [0.29, 0.717) is 10.8 Å². The molecule has 0 aromatic rings. The number of hydrogen-bond acceptors (Lipinski definition) is 1. The van der Waals surface area contributed by atoms with Gasteiger partial charge in [0.25, 0.3) is 0 Å². The summed E-state index contributed by atoms with van der Waals surface area (Å²) in [7, 11) is 0. The predicted octanol–water partition coefficient (Wildman–Crippen LogP) is 7.53. The van der Waals surface area contributed by atoms with Crippen molar-refractivity contribution < 1.29 is 0 Å². The summed E-state index contributed by atoms with van der Waals surface area (Å²) in [5.74, 6) is 5.45.